The summed E-state index contributed by atoms with van der Waals surface area (Å²) in [6.45, 7) is 4.56. The number of rotatable bonds is 20. The molecule has 1 heterocycles. The minimum Gasteiger partial charge on any atom is -0.447 e. The van der Waals surface area contributed by atoms with Gasteiger partial charge in [-0.1, -0.05) is 134 Å². The van der Waals surface area contributed by atoms with Gasteiger partial charge in [-0.2, -0.15) is 0 Å². The van der Waals surface area contributed by atoms with Gasteiger partial charge in [0.2, 0.25) is 0 Å². The molecule has 2 unspecified atom stereocenters. The molecule has 0 saturated carbocycles. The maximum Gasteiger partial charge on any atom is 0.417 e. The molecule has 1 aromatic rings. The number of benzene rings is 1. The molecule has 2 atom stereocenters. The number of ether oxygens (including phenoxy) is 1. The van der Waals surface area contributed by atoms with Crippen LogP contribution < -0.4 is 0 Å². The number of imide groups is 1. The number of alkyl halides is 1. The summed E-state index contributed by atoms with van der Waals surface area (Å²) in [6.07, 6.45) is 16.0. The summed E-state index contributed by atoms with van der Waals surface area (Å²) in [5, 5.41) is 0. The monoisotopic (exact) mass is 503 g/mol. The molecule has 2 amide bonds. The minimum atomic E-state index is -1.64. The standard InChI is InChI=1S/C31H50FNO3/c1-3-5-7-9-11-13-18-22-27(23-19-14-12-10-8-6-4-2)29(32)30(34)33-28(25-36-31(33)35)24-26-20-16-15-17-21-26/h15-17,20-21,27-29H,3-14,18-19,22-25H2,1-2H3. The second-order valence-electron chi connectivity index (χ2n) is 10.6. The Labute approximate surface area is 219 Å². The predicted octanol–water partition coefficient (Wildman–Crippen LogP) is 8.81. The van der Waals surface area contributed by atoms with E-state index in [4.69, 9.17) is 4.74 Å². The van der Waals surface area contributed by atoms with Crippen LogP contribution in [-0.4, -0.2) is 35.7 Å². The van der Waals surface area contributed by atoms with E-state index in [0.717, 1.165) is 36.1 Å². The normalized spacial score (nSPS) is 16.5. The largest absolute Gasteiger partial charge is 0.447 e. The third-order valence-electron chi connectivity index (χ3n) is 7.52. The summed E-state index contributed by atoms with van der Waals surface area (Å²) in [5.41, 5.74) is 1.01. The Morgan fingerprint density at radius 1 is 0.861 bits per heavy atom. The van der Waals surface area contributed by atoms with Gasteiger partial charge in [-0.05, 0) is 30.7 Å². The van der Waals surface area contributed by atoms with Crippen LogP contribution in [0.25, 0.3) is 0 Å². The van der Waals surface area contributed by atoms with Crippen LogP contribution in [0, 0.1) is 5.92 Å². The van der Waals surface area contributed by atoms with Crippen LogP contribution in [0.1, 0.15) is 122 Å². The zero-order valence-corrected chi connectivity index (χ0v) is 22.9. The van der Waals surface area contributed by atoms with Gasteiger partial charge in [0.15, 0.2) is 6.17 Å². The molecule has 0 bridgehead atoms. The van der Waals surface area contributed by atoms with E-state index in [0.29, 0.717) is 19.3 Å². The van der Waals surface area contributed by atoms with E-state index in [1.807, 2.05) is 30.3 Å². The molecule has 0 spiro atoms. The van der Waals surface area contributed by atoms with Crippen LogP contribution in [0.5, 0.6) is 0 Å². The number of cyclic esters (lactones) is 1. The molecule has 1 saturated heterocycles. The Hall–Kier alpha value is -1.91. The third-order valence-corrected chi connectivity index (χ3v) is 7.52. The summed E-state index contributed by atoms with van der Waals surface area (Å²) in [7, 11) is 0. The molecular weight excluding hydrogens is 453 g/mol. The number of halogens is 1. The number of nitrogens with zero attached hydrogens (tertiary/aromatic N) is 1. The Bertz CT molecular complexity index is 708. The first kappa shape index (κ1) is 30.3. The van der Waals surface area contributed by atoms with Crippen molar-refractivity contribution in [3.05, 3.63) is 35.9 Å². The van der Waals surface area contributed by atoms with Gasteiger partial charge in [0, 0.05) is 0 Å². The Kier molecular flexibility index (Phi) is 15.5. The van der Waals surface area contributed by atoms with E-state index in [2.05, 4.69) is 13.8 Å². The molecule has 0 aromatic heterocycles. The average molecular weight is 504 g/mol. The maximum absolute atomic E-state index is 15.8. The van der Waals surface area contributed by atoms with Crippen LogP contribution in [0.4, 0.5) is 9.18 Å². The molecule has 5 heteroatoms. The van der Waals surface area contributed by atoms with Gasteiger partial charge in [-0.25, -0.2) is 14.1 Å². The lowest BCUT2D eigenvalue weighted by Gasteiger charge is -2.26. The highest BCUT2D eigenvalue weighted by molar-refractivity contribution is 5.96. The summed E-state index contributed by atoms with van der Waals surface area (Å²) in [4.78, 5) is 26.8. The van der Waals surface area contributed by atoms with Gasteiger partial charge < -0.3 is 4.74 Å². The highest BCUT2D eigenvalue weighted by Gasteiger charge is 2.43. The molecular formula is C31H50FNO3. The van der Waals surface area contributed by atoms with Gasteiger partial charge >= 0.3 is 6.09 Å². The van der Waals surface area contributed by atoms with E-state index in [-0.39, 0.29) is 12.5 Å². The lowest BCUT2D eigenvalue weighted by atomic mass is 9.89. The molecule has 0 N–H and O–H groups in total. The van der Waals surface area contributed by atoms with Crippen molar-refractivity contribution in [1.82, 2.24) is 4.90 Å². The summed E-state index contributed by atoms with van der Waals surface area (Å²) >= 11 is 0. The summed E-state index contributed by atoms with van der Waals surface area (Å²) in [6, 6.07) is 9.27. The quantitative estimate of drug-likeness (QED) is 0.167. The van der Waals surface area contributed by atoms with Gasteiger partial charge in [0.25, 0.3) is 5.91 Å². The molecule has 1 fully saturated rings. The SMILES string of the molecule is CCCCCCCCCC(CCCCCCCCC)C(F)C(=O)N1C(=O)OCC1Cc1ccccc1. The fourth-order valence-electron chi connectivity index (χ4n) is 5.27. The van der Waals surface area contributed by atoms with Crippen molar-refractivity contribution >= 4 is 12.0 Å². The van der Waals surface area contributed by atoms with Crippen LogP contribution in [0.3, 0.4) is 0 Å². The van der Waals surface area contributed by atoms with E-state index >= 15 is 4.39 Å². The van der Waals surface area contributed by atoms with Crippen molar-refractivity contribution in [2.75, 3.05) is 6.61 Å². The zero-order chi connectivity index (χ0) is 26.0. The van der Waals surface area contributed by atoms with Crippen LogP contribution in [0.15, 0.2) is 30.3 Å². The number of hydrogen-bond acceptors (Lipinski definition) is 3. The van der Waals surface area contributed by atoms with Crippen molar-refractivity contribution in [3.63, 3.8) is 0 Å². The molecule has 0 aliphatic carbocycles. The molecule has 1 aromatic carbocycles. The summed E-state index contributed by atoms with van der Waals surface area (Å²) < 4.78 is 20.9. The number of amides is 2. The average Bonchev–Trinajstić information content (AvgIpc) is 3.25. The molecule has 2 rings (SSSR count). The summed E-state index contributed by atoms with van der Waals surface area (Å²) in [5.74, 6) is -1.02. The predicted molar refractivity (Wildman–Crippen MR) is 146 cm³/mol. The molecule has 0 radical (unpaired) electrons. The Morgan fingerprint density at radius 3 is 1.89 bits per heavy atom. The van der Waals surface area contributed by atoms with E-state index in [1.54, 1.807) is 0 Å². The lowest BCUT2D eigenvalue weighted by Crippen LogP contribution is -2.46. The van der Waals surface area contributed by atoms with Gasteiger partial charge in [0.1, 0.15) is 6.61 Å². The van der Waals surface area contributed by atoms with Crippen molar-refractivity contribution in [2.24, 2.45) is 5.92 Å². The van der Waals surface area contributed by atoms with Crippen molar-refractivity contribution in [3.8, 4) is 0 Å². The number of carbonyl (C=O) groups excluding carboxylic acids is 2. The van der Waals surface area contributed by atoms with E-state index in [1.165, 1.54) is 64.2 Å². The lowest BCUT2D eigenvalue weighted by molar-refractivity contribution is -0.136. The fraction of sp³-hybridized carbons (Fsp3) is 0.742. The number of carbonyl (C=O) groups is 2. The smallest absolute Gasteiger partial charge is 0.417 e. The van der Waals surface area contributed by atoms with Crippen LogP contribution in [-0.2, 0) is 16.0 Å². The first-order valence-electron chi connectivity index (χ1n) is 14.8. The van der Waals surface area contributed by atoms with Crippen LogP contribution >= 0.6 is 0 Å². The van der Waals surface area contributed by atoms with Crippen molar-refractivity contribution < 1.29 is 18.7 Å². The second-order valence-corrected chi connectivity index (χ2v) is 10.6. The van der Waals surface area contributed by atoms with Crippen molar-refractivity contribution in [2.45, 2.75) is 135 Å². The van der Waals surface area contributed by atoms with Crippen molar-refractivity contribution in [1.29, 1.82) is 0 Å². The molecule has 4 nitrogen and oxygen atoms in total. The van der Waals surface area contributed by atoms with E-state index < -0.39 is 24.2 Å². The zero-order valence-electron chi connectivity index (χ0n) is 22.9. The molecule has 1 aliphatic rings. The first-order chi connectivity index (χ1) is 17.6. The van der Waals surface area contributed by atoms with Gasteiger partial charge in [-0.3, -0.25) is 4.79 Å². The molecule has 204 valence electrons. The Balaban J connectivity index is 1.92. The first-order valence-corrected chi connectivity index (χ1v) is 14.8. The van der Waals surface area contributed by atoms with Crippen LogP contribution in [0.2, 0.25) is 0 Å². The fourth-order valence-corrected chi connectivity index (χ4v) is 5.27. The Morgan fingerprint density at radius 2 is 1.36 bits per heavy atom. The minimum absolute atomic E-state index is 0.131. The molecule has 1 aliphatic heterocycles. The topological polar surface area (TPSA) is 46.6 Å². The van der Waals surface area contributed by atoms with Gasteiger partial charge in [0.05, 0.1) is 6.04 Å². The molecule has 36 heavy (non-hydrogen) atoms. The highest BCUT2D eigenvalue weighted by Crippen LogP contribution is 2.28. The number of unbranched alkanes of at least 4 members (excludes halogenated alkanes) is 12. The second kappa shape index (κ2) is 18.4. The third kappa shape index (κ3) is 11.0. The number of hydrogen-bond donors (Lipinski definition) is 0. The highest BCUT2D eigenvalue weighted by atomic mass is 19.1. The van der Waals surface area contributed by atoms with E-state index in [9.17, 15) is 9.59 Å². The van der Waals surface area contributed by atoms with Gasteiger partial charge in [-0.15, -0.1) is 0 Å². The maximum atomic E-state index is 15.8.